The van der Waals surface area contributed by atoms with Crippen LogP contribution in [0.2, 0.25) is 0 Å². The first-order chi connectivity index (χ1) is 8.19. The van der Waals surface area contributed by atoms with Crippen LogP contribution in [-0.2, 0) is 0 Å². The van der Waals surface area contributed by atoms with Crippen molar-refractivity contribution < 1.29 is 4.74 Å². The van der Waals surface area contributed by atoms with E-state index in [0.717, 1.165) is 20.1 Å². The van der Waals surface area contributed by atoms with E-state index in [1.807, 2.05) is 24.3 Å². The molecule has 17 heavy (non-hydrogen) atoms. The number of hydrogen-bond acceptors (Lipinski definition) is 4. The average molecular weight is 311 g/mol. The average Bonchev–Trinajstić information content (AvgIpc) is 2.34. The molecule has 0 fully saturated rings. The predicted molar refractivity (Wildman–Crippen MR) is 73.5 cm³/mol. The molecule has 88 valence electrons. The molecule has 0 atom stereocenters. The third-order valence-corrected chi connectivity index (χ3v) is 3.64. The maximum absolute atomic E-state index is 5.94. The molecular weight excluding hydrogens is 300 g/mol. The number of anilines is 1. The summed E-state index contributed by atoms with van der Waals surface area (Å²) in [5.41, 5.74) is 6.63. The smallest absolute Gasteiger partial charge is 0.120 e. The standard InChI is InChI=1S/C12H11BrN2OS/c1-16-9-3-4-11(10(14)6-9)17-12-5-2-8(13)7-15-12/h2-7H,14H2,1H3. The molecule has 0 saturated carbocycles. The van der Waals surface area contributed by atoms with E-state index < -0.39 is 0 Å². The van der Waals surface area contributed by atoms with Crippen LogP contribution >= 0.6 is 27.7 Å². The molecule has 0 spiro atoms. The molecule has 0 aliphatic carbocycles. The molecule has 2 rings (SSSR count). The highest BCUT2D eigenvalue weighted by Crippen LogP contribution is 2.33. The van der Waals surface area contributed by atoms with Gasteiger partial charge in [-0.3, -0.25) is 0 Å². The van der Waals surface area contributed by atoms with Gasteiger partial charge >= 0.3 is 0 Å². The van der Waals surface area contributed by atoms with Crippen molar-refractivity contribution in [3.63, 3.8) is 0 Å². The number of benzene rings is 1. The van der Waals surface area contributed by atoms with E-state index in [1.165, 1.54) is 11.8 Å². The summed E-state index contributed by atoms with van der Waals surface area (Å²) in [6.07, 6.45) is 1.77. The van der Waals surface area contributed by atoms with Gasteiger partial charge in [-0.15, -0.1) is 0 Å². The van der Waals surface area contributed by atoms with Gasteiger partial charge in [0.15, 0.2) is 0 Å². The molecule has 1 aromatic heterocycles. The Balaban J connectivity index is 2.21. The Labute approximate surface area is 113 Å². The van der Waals surface area contributed by atoms with Gasteiger partial charge in [-0.25, -0.2) is 4.98 Å². The van der Waals surface area contributed by atoms with E-state index in [-0.39, 0.29) is 0 Å². The number of methoxy groups -OCH3 is 1. The van der Waals surface area contributed by atoms with Gasteiger partial charge in [-0.1, -0.05) is 11.8 Å². The summed E-state index contributed by atoms with van der Waals surface area (Å²) in [6, 6.07) is 9.52. The summed E-state index contributed by atoms with van der Waals surface area (Å²) in [5.74, 6) is 0.760. The van der Waals surface area contributed by atoms with Gasteiger partial charge in [0.2, 0.25) is 0 Å². The maximum Gasteiger partial charge on any atom is 0.120 e. The van der Waals surface area contributed by atoms with Crippen molar-refractivity contribution in [2.45, 2.75) is 9.92 Å². The van der Waals surface area contributed by atoms with Crippen LogP contribution in [0.4, 0.5) is 5.69 Å². The van der Waals surface area contributed by atoms with Crippen LogP contribution in [0.15, 0.2) is 50.9 Å². The first-order valence-corrected chi connectivity index (χ1v) is 6.53. The van der Waals surface area contributed by atoms with Crippen LogP contribution in [0, 0.1) is 0 Å². The molecular formula is C12H11BrN2OS. The SMILES string of the molecule is COc1ccc(Sc2ccc(Br)cn2)c(N)c1. The van der Waals surface area contributed by atoms with Crippen LogP contribution in [0.3, 0.4) is 0 Å². The minimum atomic E-state index is 0.694. The number of ether oxygens (including phenoxy) is 1. The Morgan fingerprint density at radius 2 is 2.12 bits per heavy atom. The van der Waals surface area contributed by atoms with Gasteiger partial charge in [0, 0.05) is 27.3 Å². The highest BCUT2D eigenvalue weighted by atomic mass is 79.9. The van der Waals surface area contributed by atoms with Crippen molar-refractivity contribution in [1.29, 1.82) is 0 Å². The highest BCUT2D eigenvalue weighted by molar-refractivity contribution is 9.10. The Bertz CT molecular complexity index is 516. The molecule has 1 aromatic carbocycles. The monoisotopic (exact) mass is 310 g/mol. The molecule has 0 aliphatic rings. The van der Waals surface area contributed by atoms with E-state index in [2.05, 4.69) is 20.9 Å². The van der Waals surface area contributed by atoms with Crippen LogP contribution < -0.4 is 10.5 Å². The minimum Gasteiger partial charge on any atom is -0.497 e. The fourth-order valence-corrected chi connectivity index (χ4v) is 2.30. The van der Waals surface area contributed by atoms with Crippen molar-refractivity contribution in [2.75, 3.05) is 12.8 Å². The van der Waals surface area contributed by atoms with Gasteiger partial charge in [0.05, 0.1) is 7.11 Å². The van der Waals surface area contributed by atoms with Crippen molar-refractivity contribution in [2.24, 2.45) is 0 Å². The number of halogens is 1. The number of nitrogen functional groups attached to an aromatic ring is 1. The second-order valence-electron chi connectivity index (χ2n) is 3.32. The topological polar surface area (TPSA) is 48.1 Å². The third-order valence-electron chi connectivity index (χ3n) is 2.13. The second kappa shape index (κ2) is 5.42. The quantitative estimate of drug-likeness (QED) is 0.880. The summed E-state index contributed by atoms with van der Waals surface area (Å²) in [7, 11) is 1.62. The van der Waals surface area contributed by atoms with E-state index >= 15 is 0 Å². The van der Waals surface area contributed by atoms with Crippen molar-refractivity contribution >= 4 is 33.4 Å². The lowest BCUT2D eigenvalue weighted by molar-refractivity contribution is 0.415. The number of aromatic nitrogens is 1. The summed E-state index contributed by atoms with van der Waals surface area (Å²) < 4.78 is 6.07. The molecule has 2 N–H and O–H groups in total. The lowest BCUT2D eigenvalue weighted by atomic mass is 10.3. The Morgan fingerprint density at radius 3 is 2.71 bits per heavy atom. The second-order valence-corrected chi connectivity index (χ2v) is 5.30. The summed E-state index contributed by atoms with van der Waals surface area (Å²) in [4.78, 5) is 5.26. The summed E-state index contributed by atoms with van der Waals surface area (Å²) >= 11 is 4.88. The molecule has 2 aromatic rings. The van der Waals surface area contributed by atoms with Gasteiger partial charge in [-0.05, 0) is 40.2 Å². The van der Waals surface area contributed by atoms with Crippen molar-refractivity contribution in [3.05, 3.63) is 41.0 Å². The molecule has 0 aliphatic heterocycles. The number of hydrogen-bond donors (Lipinski definition) is 1. The van der Waals surface area contributed by atoms with E-state index in [0.29, 0.717) is 5.69 Å². The number of rotatable bonds is 3. The molecule has 0 unspecified atom stereocenters. The zero-order valence-electron chi connectivity index (χ0n) is 9.18. The fraction of sp³-hybridized carbons (Fsp3) is 0.0833. The van der Waals surface area contributed by atoms with Gasteiger partial charge < -0.3 is 10.5 Å². The molecule has 0 saturated heterocycles. The number of nitrogens with two attached hydrogens (primary N) is 1. The Kier molecular flexibility index (Phi) is 3.91. The maximum atomic E-state index is 5.94. The van der Waals surface area contributed by atoms with E-state index in [1.54, 1.807) is 19.4 Å². The van der Waals surface area contributed by atoms with Gasteiger partial charge in [0.1, 0.15) is 10.8 Å². The highest BCUT2D eigenvalue weighted by Gasteiger charge is 2.04. The summed E-state index contributed by atoms with van der Waals surface area (Å²) in [6.45, 7) is 0. The van der Waals surface area contributed by atoms with Gasteiger partial charge in [-0.2, -0.15) is 0 Å². The zero-order chi connectivity index (χ0) is 12.3. The first kappa shape index (κ1) is 12.3. The Hall–Kier alpha value is -1.20. The van der Waals surface area contributed by atoms with E-state index in [4.69, 9.17) is 10.5 Å². The number of pyridine rings is 1. The zero-order valence-corrected chi connectivity index (χ0v) is 11.6. The van der Waals surface area contributed by atoms with Gasteiger partial charge in [0.25, 0.3) is 0 Å². The molecule has 0 amide bonds. The Morgan fingerprint density at radius 1 is 1.29 bits per heavy atom. The van der Waals surface area contributed by atoms with Crippen molar-refractivity contribution in [1.82, 2.24) is 4.98 Å². The predicted octanol–water partition coefficient (Wildman–Crippen LogP) is 3.59. The largest absolute Gasteiger partial charge is 0.497 e. The number of nitrogens with zero attached hydrogens (tertiary/aromatic N) is 1. The fourth-order valence-electron chi connectivity index (χ4n) is 1.28. The van der Waals surface area contributed by atoms with E-state index in [9.17, 15) is 0 Å². The molecule has 3 nitrogen and oxygen atoms in total. The van der Waals surface area contributed by atoms with Crippen LogP contribution in [0.25, 0.3) is 0 Å². The minimum absolute atomic E-state index is 0.694. The summed E-state index contributed by atoms with van der Waals surface area (Å²) in [5, 5.41) is 0.907. The van der Waals surface area contributed by atoms with Crippen molar-refractivity contribution in [3.8, 4) is 5.75 Å². The first-order valence-electron chi connectivity index (χ1n) is 4.92. The van der Waals surface area contributed by atoms with Crippen LogP contribution in [-0.4, -0.2) is 12.1 Å². The molecule has 0 radical (unpaired) electrons. The third kappa shape index (κ3) is 3.14. The van der Waals surface area contributed by atoms with Crippen LogP contribution in [0.5, 0.6) is 5.75 Å². The lowest BCUT2D eigenvalue weighted by Crippen LogP contribution is -1.91. The lowest BCUT2D eigenvalue weighted by Gasteiger charge is -2.06. The molecule has 5 heteroatoms. The van der Waals surface area contributed by atoms with Crippen LogP contribution in [0.1, 0.15) is 0 Å². The molecule has 1 heterocycles. The molecule has 0 bridgehead atoms. The normalized spacial score (nSPS) is 10.2.